The van der Waals surface area contributed by atoms with E-state index in [4.69, 9.17) is 10.7 Å². The Kier molecular flexibility index (Phi) is 4.91. The largest absolute Gasteiger partial charge is 0.355 e. The number of rotatable bonds is 5. The van der Waals surface area contributed by atoms with Crippen LogP contribution in [0.15, 0.2) is 36.4 Å². The van der Waals surface area contributed by atoms with Crippen molar-refractivity contribution in [3.8, 4) is 0 Å². The van der Waals surface area contributed by atoms with E-state index in [2.05, 4.69) is 24.8 Å². The third kappa shape index (κ3) is 4.02. The van der Waals surface area contributed by atoms with E-state index in [1.165, 1.54) is 12.1 Å². The van der Waals surface area contributed by atoms with Gasteiger partial charge >= 0.3 is 0 Å². The minimum atomic E-state index is -0.216. The van der Waals surface area contributed by atoms with Gasteiger partial charge in [0.1, 0.15) is 11.6 Å². The maximum Gasteiger partial charge on any atom is 0.129 e. The number of nitrogens with zero attached hydrogens (tertiary/aromatic N) is 2. The molecule has 0 radical (unpaired) electrons. The number of halogens is 1. The lowest BCUT2D eigenvalue weighted by Gasteiger charge is -2.21. The van der Waals surface area contributed by atoms with Crippen LogP contribution in [0.1, 0.15) is 36.6 Å². The summed E-state index contributed by atoms with van der Waals surface area (Å²) < 4.78 is 12.9. The van der Waals surface area contributed by atoms with Crippen molar-refractivity contribution in [2.45, 2.75) is 32.9 Å². The van der Waals surface area contributed by atoms with Gasteiger partial charge in [-0.25, -0.2) is 9.37 Å². The molecule has 4 heteroatoms. The number of hydrogen-bond donors (Lipinski definition) is 1. The quantitative estimate of drug-likeness (QED) is 0.916. The highest BCUT2D eigenvalue weighted by molar-refractivity contribution is 5.43. The molecule has 1 heterocycles. The first-order valence-corrected chi connectivity index (χ1v) is 7.16. The van der Waals surface area contributed by atoms with Crippen LogP contribution in [0.5, 0.6) is 0 Å². The molecule has 0 saturated heterocycles. The highest BCUT2D eigenvalue weighted by Crippen LogP contribution is 2.20. The summed E-state index contributed by atoms with van der Waals surface area (Å²) in [6.07, 6.45) is 0. The van der Waals surface area contributed by atoms with Gasteiger partial charge < -0.3 is 10.6 Å². The molecule has 0 atom stereocenters. The van der Waals surface area contributed by atoms with Gasteiger partial charge in [-0.15, -0.1) is 0 Å². The van der Waals surface area contributed by atoms with Crippen LogP contribution in [0.25, 0.3) is 0 Å². The van der Waals surface area contributed by atoms with Crippen LogP contribution in [0.3, 0.4) is 0 Å². The Balaban J connectivity index is 2.23. The fourth-order valence-corrected chi connectivity index (χ4v) is 2.15. The number of aromatic nitrogens is 1. The number of hydrogen-bond acceptors (Lipinski definition) is 3. The van der Waals surface area contributed by atoms with Gasteiger partial charge in [-0.3, -0.25) is 0 Å². The van der Waals surface area contributed by atoms with Crippen molar-refractivity contribution >= 4 is 5.82 Å². The monoisotopic (exact) mass is 287 g/mol. The summed E-state index contributed by atoms with van der Waals surface area (Å²) in [6.45, 7) is 5.41. The molecule has 0 aliphatic rings. The molecule has 0 fully saturated rings. The van der Waals surface area contributed by atoms with Crippen LogP contribution in [-0.2, 0) is 13.1 Å². The standard InChI is InChI=1S/C17H22FN3/c1-12(2)16-8-14(10-19)9-17(20-16)21(3)11-13-4-6-15(18)7-5-13/h4-9,12H,10-11,19H2,1-3H3. The van der Waals surface area contributed by atoms with Gasteiger partial charge in [0.2, 0.25) is 0 Å². The Bertz CT molecular complexity index is 593. The van der Waals surface area contributed by atoms with Gasteiger partial charge in [0, 0.05) is 25.8 Å². The average molecular weight is 287 g/mol. The topological polar surface area (TPSA) is 42.1 Å². The molecule has 0 bridgehead atoms. The zero-order chi connectivity index (χ0) is 15.4. The molecule has 2 aromatic rings. The molecular formula is C17H22FN3. The smallest absolute Gasteiger partial charge is 0.129 e. The lowest BCUT2D eigenvalue weighted by atomic mass is 10.1. The molecule has 112 valence electrons. The van der Waals surface area contributed by atoms with Crippen molar-refractivity contribution in [1.82, 2.24) is 4.98 Å². The minimum absolute atomic E-state index is 0.216. The molecular weight excluding hydrogens is 265 g/mol. The maximum atomic E-state index is 12.9. The molecule has 0 amide bonds. The van der Waals surface area contributed by atoms with E-state index in [1.54, 1.807) is 12.1 Å². The Morgan fingerprint density at radius 3 is 2.38 bits per heavy atom. The van der Waals surface area contributed by atoms with Crippen molar-refractivity contribution in [3.05, 3.63) is 59.0 Å². The lowest BCUT2D eigenvalue weighted by Crippen LogP contribution is -2.19. The number of pyridine rings is 1. The fourth-order valence-electron chi connectivity index (χ4n) is 2.15. The highest BCUT2D eigenvalue weighted by Gasteiger charge is 2.09. The molecule has 1 aromatic carbocycles. The first kappa shape index (κ1) is 15.4. The molecule has 0 aliphatic carbocycles. The zero-order valence-electron chi connectivity index (χ0n) is 12.8. The molecule has 1 aromatic heterocycles. The van der Waals surface area contributed by atoms with E-state index < -0.39 is 0 Å². The summed E-state index contributed by atoms with van der Waals surface area (Å²) in [5.74, 6) is 1.03. The van der Waals surface area contributed by atoms with Gasteiger partial charge in [0.25, 0.3) is 0 Å². The van der Waals surface area contributed by atoms with E-state index in [-0.39, 0.29) is 5.82 Å². The summed E-state index contributed by atoms with van der Waals surface area (Å²) in [6, 6.07) is 10.6. The predicted octanol–water partition coefficient (Wildman–Crippen LogP) is 3.44. The van der Waals surface area contributed by atoms with E-state index in [1.807, 2.05) is 13.1 Å². The van der Waals surface area contributed by atoms with Crippen molar-refractivity contribution < 1.29 is 4.39 Å². The van der Waals surface area contributed by atoms with Gasteiger partial charge in [0.05, 0.1) is 0 Å². The third-order valence-electron chi connectivity index (χ3n) is 3.44. The van der Waals surface area contributed by atoms with E-state index in [0.29, 0.717) is 19.0 Å². The first-order chi connectivity index (χ1) is 9.99. The van der Waals surface area contributed by atoms with Gasteiger partial charge in [-0.05, 0) is 41.3 Å². The summed E-state index contributed by atoms with van der Waals surface area (Å²) in [7, 11) is 1.98. The lowest BCUT2D eigenvalue weighted by molar-refractivity contribution is 0.627. The second-order valence-corrected chi connectivity index (χ2v) is 5.60. The maximum absolute atomic E-state index is 12.9. The van der Waals surface area contributed by atoms with Crippen LogP contribution < -0.4 is 10.6 Å². The molecule has 0 unspecified atom stereocenters. The van der Waals surface area contributed by atoms with E-state index in [9.17, 15) is 4.39 Å². The van der Waals surface area contributed by atoms with Crippen molar-refractivity contribution in [1.29, 1.82) is 0 Å². The van der Waals surface area contributed by atoms with Crippen LogP contribution >= 0.6 is 0 Å². The van der Waals surface area contributed by atoms with Gasteiger partial charge in [0.15, 0.2) is 0 Å². The number of nitrogens with two attached hydrogens (primary N) is 1. The SMILES string of the molecule is CC(C)c1cc(CN)cc(N(C)Cc2ccc(F)cc2)n1. The Morgan fingerprint density at radius 1 is 1.14 bits per heavy atom. The van der Waals surface area contributed by atoms with Crippen molar-refractivity contribution in [3.63, 3.8) is 0 Å². The Labute approximate surface area is 125 Å². The average Bonchev–Trinajstić information content (AvgIpc) is 2.49. The predicted molar refractivity (Wildman–Crippen MR) is 84.7 cm³/mol. The molecule has 2 rings (SSSR count). The number of anilines is 1. The number of benzene rings is 1. The van der Waals surface area contributed by atoms with Crippen LogP contribution in [0.2, 0.25) is 0 Å². The van der Waals surface area contributed by atoms with Crippen molar-refractivity contribution in [2.75, 3.05) is 11.9 Å². The molecule has 0 aliphatic heterocycles. The Hall–Kier alpha value is -1.94. The molecule has 21 heavy (non-hydrogen) atoms. The second-order valence-electron chi connectivity index (χ2n) is 5.60. The summed E-state index contributed by atoms with van der Waals surface area (Å²) >= 11 is 0. The summed E-state index contributed by atoms with van der Waals surface area (Å²) in [5, 5.41) is 0. The first-order valence-electron chi connectivity index (χ1n) is 7.16. The molecule has 0 saturated carbocycles. The van der Waals surface area contributed by atoms with Gasteiger partial charge in [-0.2, -0.15) is 0 Å². The van der Waals surface area contributed by atoms with Crippen LogP contribution in [0.4, 0.5) is 10.2 Å². The minimum Gasteiger partial charge on any atom is -0.355 e. The van der Waals surface area contributed by atoms with Crippen LogP contribution in [0, 0.1) is 5.82 Å². The molecule has 2 N–H and O–H groups in total. The van der Waals surface area contributed by atoms with Crippen molar-refractivity contribution in [2.24, 2.45) is 5.73 Å². The van der Waals surface area contributed by atoms with Gasteiger partial charge in [-0.1, -0.05) is 26.0 Å². The van der Waals surface area contributed by atoms with E-state index in [0.717, 1.165) is 22.6 Å². The second kappa shape index (κ2) is 6.68. The normalized spacial score (nSPS) is 11.0. The third-order valence-corrected chi connectivity index (χ3v) is 3.44. The fraction of sp³-hybridized carbons (Fsp3) is 0.353. The summed E-state index contributed by atoms with van der Waals surface area (Å²) in [5.41, 5.74) is 8.93. The summed E-state index contributed by atoms with van der Waals surface area (Å²) in [4.78, 5) is 6.74. The highest BCUT2D eigenvalue weighted by atomic mass is 19.1. The molecule has 0 spiro atoms. The molecule has 3 nitrogen and oxygen atoms in total. The zero-order valence-corrected chi connectivity index (χ0v) is 12.8. The Morgan fingerprint density at radius 2 is 1.81 bits per heavy atom. The van der Waals surface area contributed by atoms with E-state index >= 15 is 0 Å². The van der Waals surface area contributed by atoms with Crippen LogP contribution in [-0.4, -0.2) is 12.0 Å².